The first kappa shape index (κ1) is 32.5. The van der Waals surface area contributed by atoms with Gasteiger partial charge >= 0.3 is 0 Å². The Morgan fingerprint density at radius 2 is 1.55 bits per heavy atom. The first-order valence-electron chi connectivity index (χ1n) is 14.1. The highest BCUT2D eigenvalue weighted by Gasteiger charge is 2.51. The van der Waals surface area contributed by atoms with Crippen LogP contribution in [0.2, 0.25) is 5.04 Å². The summed E-state index contributed by atoms with van der Waals surface area (Å²) in [7, 11) is -6.14. The van der Waals surface area contributed by atoms with Gasteiger partial charge in [-0.3, -0.25) is 19.2 Å². The molecule has 42 heavy (non-hydrogen) atoms. The third kappa shape index (κ3) is 6.28. The summed E-state index contributed by atoms with van der Waals surface area (Å²) < 4.78 is 33.1. The molecule has 0 unspecified atom stereocenters. The topological polar surface area (TPSA) is 114 Å². The molecule has 1 aromatic heterocycles. The molecule has 0 saturated heterocycles. The Balaban J connectivity index is 1.57. The molecular weight excluding hydrogens is 587 g/mol. The van der Waals surface area contributed by atoms with E-state index in [1.54, 1.807) is 6.08 Å². The molecule has 1 amide bonds. The van der Waals surface area contributed by atoms with E-state index in [2.05, 4.69) is 98.7 Å². The number of benzene rings is 2. The van der Waals surface area contributed by atoms with Crippen LogP contribution in [0.5, 0.6) is 0 Å². The van der Waals surface area contributed by atoms with E-state index in [4.69, 9.17) is 9.16 Å². The average molecular weight is 630 g/mol. The molecule has 3 N–H and O–H groups in total. The fourth-order valence-electron chi connectivity index (χ4n) is 5.13. The van der Waals surface area contributed by atoms with Crippen LogP contribution in [0.4, 0.5) is 5.13 Å². The molecule has 1 aliphatic heterocycles. The lowest BCUT2D eigenvalue weighted by Crippen LogP contribution is -2.67. The lowest BCUT2D eigenvalue weighted by atomic mass is 9.96. The summed E-state index contributed by atoms with van der Waals surface area (Å²) in [6.45, 7) is 15.0. The Morgan fingerprint density at radius 3 is 2.05 bits per heavy atom. The van der Waals surface area contributed by atoms with Gasteiger partial charge in [0.15, 0.2) is 0 Å². The van der Waals surface area contributed by atoms with Crippen molar-refractivity contribution < 1.29 is 23.1 Å². The van der Waals surface area contributed by atoms with E-state index in [1.165, 1.54) is 35.6 Å². The van der Waals surface area contributed by atoms with Gasteiger partial charge in [-0.1, -0.05) is 107 Å². The zero-order valence-corrected chi connectivity index (χ0v) is 28.1. The van der Waals surface area contributed by atoms with Crippen molar-refractivity contribution in [3.05, 3.63) is 76.7 Å². The van der Waals surface area contributed by atoms with Gasteiger partial charge in [-0.25, -0.2) is 0 Å². The summed E-state index contributed by atoms with van der Waals surface area (Å²) in [6, 6.07) is 21.0. The zero-order chi connectivity index (χ0) is 30.8. The molecule has 0 spiro atoms. The second kappa shape index (κ2) is 12.3. The maximum absolute atomic E-state index is 13.3. The minimum Gasteiger partial charge on any atom is -0.406 e. The van der Waals surface area contributed by atoms with Gasteiger partial charge in [-0.2, -0.15) is 10.6 Å². The average Bonchev–Trinajstić information content (AvgIpc) is 3.44. The lowest BCUT2D eigenvalue weighted by molar-refractivity contribution is -0.118. The van der Waals surface area contributed by atoms with Gasteiger partial charge in [0.2, 0.25) is 5.13 Å². The number of nitrogens with zero attached hydrogens (tertiary/aromatic N) is 2. The molecule has 8 nitrogen and oxygen atoms in total. The minimum absolute atomic E-state index is 0.166. The van der Waals surface area contributed by atoms with Crippen LogP contribution in [-0.2, 0) is 19.4 Å². The number of amides is 1. The monoisotopic (exact) mass is 629 g/mol. The van der Waals surface area contributed by atoms with E-state index in [1.807, 2.05) is 12.1 Å². The molecule has 2 heterocycles. The van der Waals surface area contributed by atoms with Crippen molar-refractivity contribution in [3.8, 4) is 0 Å². The van der Waals surface area contributed by atoms with E-state index >= 15 is 0 Å². The van der Waals surface area contributed by atoms with Crippen LogP contribution in [0.3, 0.4) is 0 Å². The second-order valence-corrected chi connectivity index (χ2v) is 20.7. The van der Waals surface area contributed by atoms with Crippen molar-refractivity contribution in [3.63, 3.8) is 0 Å². The Morgan fingerprint density at radius 1 is 0.976 bits per heavy atom. The number of carbonyl (C=O) groups is 1. The Labute approximate surface area is 256 Å². The summed E-state index contributed by atoms with van der Waals surface area (Å²) in [6.07, 6.45) is 2.03. The molecular formula is C31H43N3O5S2Si. The molecule has 0 bridgehead atoms. The summed E-state index contributed by atoms with van der Waals surface area (Å²) >= 11 is 1.27. The zero-order valence-electron chi connectivity index (χ0n) is 25.5. The molecule has 228 valence electrons. The summed E-state index contributed by atoms with van der Waals surface area (Å²) in [5, 5.41) is 14.7. The van der Waals surface area contributed by atoms with Gasteiger partial charge in [0.05, 0.1) is 13.2 Å². The number of nitrogens with one attached hydrogen (secondary N) is 1. The molecule has 1 aliphatic rings. The molecule has 0 aliphatic carbocycles. The van der Waals surface area contributed by atoms with Crippen LogP contribution in [-0.4, -0.2) is 58.1 Å². The van der Waals surface area contributed by atoms with Crippen molar-refractivity contribution >= 4 is 51.7 Å². The molecule has 11 heteroatoms. The Hall–Kier alpha value is -2.38. The minimum atomic E-state index is -3.38. The number of aromatic nitrogens is 2. The number of ether oxygens (including phenoxy) is 1. The molecule has 0 fully saturated rings. The summed E-state index contributed by atoms with van der Waals surface area (Å²) in [5.74, 6) is -0.529. The van der Waals surface area contributed by atoms with Gasteiger partial charge in [-0.15, -0.1) is 10.2 Å². The molecule has 0 radical (unpaired) electrons. The standard InChI is InChI=1S/C31H43N3O5S2Si/c1-29(2,3)42(24-14-10-8-11-15-24,25-16-12-9-13-17-25)39-22-30(4,5)27-33-34-28(40-27)32-26(35)31(6,7)41(36,37)23-18-20-38-21-19-23/h8-18,36-37H,19-22H2,1-7H3,(H,32,34,35). The third-order valence-corrected chi connectivity index (χ3v) is 16.7. The van der Waals surface area contributed by atoms with E-state index in [0.717, 1.165) is 0 Å². The highest BCUT2D eigenvalue weighted by Crippen LogP contribution is 2.60. The number of rotatable bonds is 10. The van der Waals surface area contributed by atoms with Crippen molar-refractivity contribution in [2.24, 2.45) is 0 Å². The van der Waals surface area contributed by atoms with E-state index < -0.39 is 35.0 Å². The van der Waals surface area contributed by atoms with Gasteiger partial charge in [0.1, 0.15) is 9.75 Å². The van der Waals surface area contributed by atoms with Gasteiger partial charge in [0.25, 0.3) is 14.2 Å². The predicted octanol–water partition coefficient (Wildman–Crippen LogP) is 6.16. The fraction of sp³-hybridized carbons (Fsp3) is 0.452. The van der Waals surface area contributed by atoms with Crippen LogP contribution >= 0.6 is 21.9 Å². The largest absolute Gasteiger partial charge is 0.406 e. The maximum Gasteiger partial charge on any atom is 0.261 e. The molecule has 2 aromatic carbocycles. The fourth-order valence-corrected chi connectivity index (χ4v) is 12.3. The predicted molar refractivity (Wildman–Crippen MR) is 176 cm³/mol. The number of hydrogen-bond donors (Lipinski definition) is 3. The highest BCUT2D eigenvalue weighted by molar-refractivity contribution is 8.29. The SMILES string of the molecule is CC(C)(CO[Si](c1ccccc1)(c1ccccc1)C(C)(C)C)c1nnc(NC(=O)C(C)(C)S(O)(O)C2=CCOCC2)s1. The van der Waals surface area contributed by atoms with Gasteiger partial charge in [-0.05, 0) is 35.3 Å². The van der Waals surface area contributed by atoms with Crippen LogP contribution in [0.25, 0.3) is 0 Å². The van der Waals surface area contributed by atoms with Crippen molar-refractivity contribution in [1.82, 2.24) is 10.2 Å². The van der Waals surface area contributed by atoms with E-state index in [0.29, 0.717) is 41.3 Å². The lowest BCUT2D eigenvalue weighted by Gasteiger charge is -2.47. The van der Waals surface area contributed by atoms with Crippen molar-refractivity contribution in [1.29, 1.82) is 0 Å². The molecule has 3 aromatic rings. The number of carbonyl (C=O) groups excluding carboxylic acids is 1. The van der Waals surface area contributed by atoms with Gasteiger partial charge < -0.3 is 9.16 Å². The van der Waals surface area contributed by atoms with Crippen LogP contribution in [0, 0.1) is 0 Å². The molecule has 0 saturated carbocycles. The highest BCUT2D eigenvalue weighted by atomic mass is 32.3. The third-order valence-electron chi connectivity index (χ3n) is 7.84. The van der Waals surface area contributed by atoms with Crippen LogP contribution in [0.15, 0.2) is 71.6 Å². The first-order valence-corrected chi connectivity index (χ1v) is 18.4. The van der Waals surface area contributed by atoms with E-state index in [9.17, 15) is 13.9 Å². The van der Waals surface area contributed by atoms with Crippen molar-refractivity contribution in [2.75, 3.05) is 25.1 Å². The summed E-state index contributed by atoms with van der Waals surface area (Å²) in [5.41, 5.74) is -0.515. The number of anilines is 1. The Bertz CT molecular complexity index is 1360. The quantitative estimate of drug-likeness (QED) is 0.230. The van der Waals surface area contributed by atoms with E-state index in [-0.39, 0.29) is 5.04 Å². The van der Waals surface area contributed by atoms with Crippen molar-refractivity contribution in [2.45, 2.75) is 70.1 Å². The number of hydrogen-bond acceptors (Lipinski definition) is 8. The second-order valence-electron chi connectivity index (χ2n) is 12.8. The molecule has 0 atom stereocenters. The normalized spacial score (nSPS) is 15.7. The smallest absolute Gasteiger partial charge is 0.261 e. The first-order chi connectivity index (χ1) is 19.6. The van der Waals surface area contributed by atoms with Crippen LogP contribution in [0.1, 0.15) is 59.9 Å². The van der Waals surface area contributed by atoms with Crippen LogP contribution < -0.4 is 15.7 Å². The summed E-state index contributed by atoms with van der Waals surface area (Å²) in [4.78, 5) is 13.8. The molecule has 4 rings (SSSR count). The Kier molecular flexibility index (Phi) is 9.54. The van der Waals surface area contributed by atoms with Gasteiger partial charge in [0, 0.05) is 23.3 Å². The maximum atomic E-state index is 13.3.